The highest BCUT2D eigenvalue weighted by Crippen LogP contribution is 2.28. The minimum absolute atomic E-state index is 0.566. The summed E-state index contributed by atoms with van der Waals surface area (Å²) in [5.41, 5.74) is 2.85. The summed E-state index contributed by atoms with van der Waals surface area (Å²) >= 11 is 15.7. The van der Waals surface area contributed by atoms with E-state index in [4.69, 9.17) is 23.2 Å². The summed E-state index contributed by atoms with van der Waals surface area (Å²) in [4.78, 5) is 4.46. The van der Waals surface area contributed by atoms with Crippen LogP contribution < -0.4 is 5.32 Å². The molecule has 2 nitrogen and oxygen atoms in total. The number of hydrogen-bond donors (Lipinski definition) is 1. The van der Waals surface area contributed by atoms with Gasteiger partial charge in [-0.3, -0.25) is 4.98 Å². The molecule has 1 heterocycles. The fourth-order valence-electron chi connectivity index (χ4n) is 2.15. The van der Waals surface area contributed by atoms with Gasteiger partial charge in [-0.15, -0.1) is 0 Å². The maximum absolute atomic E-state index is 6.20. The smallest absolute Gasteiger partial charge is 0.0934 e. The molecule has 0 aliphatic rings. The van der Waals surface area contributed by atoms with E-state index in [1.54, 1.807) is 12.3 Å². The molecule has 1 aromatic heterocycles. The lowest BCUT2D eigenvalue weighted by molar-refractivity contribution is 1.15. The van der Waals surface area contributed by atoms with Gasteiger partial charge in [0, 0.05) is 22.6 Å². The molecule has 0 spiro atoms. The number of nitrogens with zero attached hydrogens (tertiary/aromatic N) is 1. The van der Waals surface area contributed by atoms with Gasteiger partial charge in [0.15, 0.2) is 0 Å². The van der Waals surface area contributed by atoms with Crippen LogP contribution >= 0.6 is 39.1 Å². The van der Waals surface area contributed by atoms with Crippen LogP contribution in [0.2, 0.25) is 10.0 Å². The summed E-state index contributed by atoms with van der Waals surface area (Å²) in [6.07, 6.45) is 1.79. The highest BCUT2D eigenvalue weighted by molar-refractivity contribution is 9.10. The van der Waals surface area contributed by atoms with Crippen molar-refractivity contribution in [1.29, 1.82) is 0 Å². The van der Waals surface area contributed by atoms with E-state index in [0.717, 1.165) is 26.6 Å². The van der Waals surface area contributed by atoms with Gasteiger partial charge in [0.1, 0.15) is 0 Å². The maximum Gasteiger partial charge on any atom is 0.0934 e. The van der Waals surface area contributed by atoms with E-state index in [1.807, 2.05) is 36.4 Å². The summed E-state index contributed by atoms with van der Waals surface area (Å²) in [5.74, 6) is 0. The van der Waals surface area contributed by atoms with Crippen molar-refractivity contribution < 1.29 is 0 Å². The Hall–Kier alpha value is -1.29. The standard InChI is InChI=1S/C16H11BrCl2N2/c17-12-7-10-3-2-6-14(16(10)21-9-12)20-8-11-4-1-5-13(18)15(11)19/h1-7,9,20H,8H2. The fraction of sp³-hybridized carbons (Fsp3) is 0.0625. The maximum atomic E-state index is 6.20. The van der Waals surface area contributed by atoms with Gasteiger partial charge in [0.25, 0.3) is 0 Å². The normalized spacial score (nSPS) is 10.8. The molecule has 0 amide bonds. The molecule has 0 radical (unpaired) electrons. The number of aromatic nitrogens is 1. The van der Waals surface area contributed by atoms with Gasteiger partial charge in [-0.25, -0.2) is 0 Å². The van der Waals surface area contributed by atoms with Crippen LogP contribution in [0.1, 0.15) is 5.56 Å². The zero-order valence-electron chi connectivity index (χ0n) is 10.9. The van der Waals surface area contributed by atoms with Crippen molar-refractivity contribution in [3.8, 4) is 0 Å². The van der Waals surface area contributed by atoms with Gasteiger partial charge in [-0.2, -0.15) is 0 Å². The van der Waals surface area contributed by atoms with E-state index >= 15 is 0 Å². The number of rotatable bonds is 3. The topological polar surface area (TPSA) is 24.9 Å². The predicted octanol–water partition coefficient (Wildman–Crippen LogP) is 5.92. The zero-order chi connectivity index (χ0) is 14.8. The van der Waals surface area contributed by atoms with Crippen molar-refractivity contribution in [2.75, 3.05) is 5.32 Å². The van der Waals surface area contributed by atoms with Crippen molar-refractivity contribution in [2.45, 2.75) is 6.54 Å². The number of benzene rings is 2. The lowest BCUT2D eigenvalue weighted by Gasteiger charge is -2.11. The number of pyridine rings is 1. The van der Waals surface area contributed by atoms with Crippen LogP contribution in [-0.4, -0.2) is 4.98 Å². The summed E-state index contributed by atoms with van der Waals surface area (Å²) in [5, 5.41) is 5.60. The van der Waals surface area contributed by atoms with E-state index in [-0.39, 0.29) is 0 Å². The Labute approximate surface area is 141 Å². The molecule has 0 aliphatic heterocycles. The highest BCUT2D eigenvalue weighted by Gasteiger charge is 2.06. The molecule has 0 fully saturated rings. The Balaban J connectivity index is 1.90. The largest absolute Gasteiger partial charge is 0.379 e. The SMILES string of the molecule is Clc1cccc(CNc2cccc3cc(Br)cnc23)c1Cl. The number of nitrogens with one attached hydrogen (secondary N) is 1. The molecule has 0 bridgehead atoms. The molecule has 21 heavy (non-hydrogen) atoms. The summed E-state index contributed by atoms with van der Waals surface area (Å²) < 4.78 is 0.963. The first-order valence-electron chi connectivity index (χ1n) is 6.36. The molecule has 3 aromatic rings. The first kappa shape index (κ1) is 14.6. The minimum Gasteiger partial charge on any atom is -0.379 e. The first-order chi connectivity index (χ1) is 10.1. The summed E-state index contributed by atoms with van der Waals surface area (Å²) in [6.45, 7) is 0.594. The average molecular weight is 382 g/mol. The number of para-hydroxylation sites is 1. The first-order valence-corrected chi connectivity index (χ1v) is 7.91. The third kappa shape index (κ3) is 3.15. The molecule has 0 aliphatic carbocycles. The van der Waals surface area contributed by atoms with Crippen LogP contribution in [0.15, 0.2) is 53.1 Å². The van der Waals surface area contributed by atoms with E-state index in [2.05, 4.69) is 26.2 Å². The van der Waals surface area contributed by atoms with Gasteiger partial charge in [-0.05, 0) is 39.7 Å². The Kier molecular flexibility index (Phi) is 4.34. The molecule has 3 rings (SSSR count). The third-order valence-corrected chi connectivity index (χ3v) is 4.47. The Morgan fingerprint density at radius 3 is 2.76 bits per heavy atom. The second-order valence-corrected chi connectivity index (χ2v) is 6.30. The highest BCUT2D eigenvalue weighted by atomic mass is 79.9. The van der Waals surface area contributed by atoms with Gasteiger partial charge in [0.05, 0.1) is 21.2 Å². The van der Waals surface area contributed by atoms with Crippen molar-refractivity contribution in [2.24, 2.45) is 0 Å². The minimum atomic E-state index is 0.566. The monoisotopic (exact) mass is 380 g/mol. The van der Waals surface area contributed by atoms with Crippen LogP contribution in [0.25, 0.3) is 10.9 Å². The lowest BCUT2D eigenvalue weighted by atomic mass is 10.1. The zero-order valence-corrected chi connectivity index (χ0v) is 14.0. The van der Waals surface area contributed by atoms with E-state index in [0.29, 0.717) is 16.6 Å². The van der Waals surface area contributed by atoms with E-state index in [9.17, 15) is 0 Å². The Morgan fingerprint density at radius 2 is 1.90 bits per heavy atom. The number of anilines is 1. The van der Waals surface area contributed by atoms with Gasteiger partial charge >= 0.3 is 0 Å². The third-order valence-electron chi connectivity index (χ3n) is 3.18. The quantitative estimate of drug-likeness (QED) is 0.609. The van der Waals surface area contributed by atoms with Gasteiger partial charge in [-0.1, -0.05) is 47.5 Å². The number of halogens is 3. The molecule has 0 atom stereocenters. The fourth-order valence-corrected chi connectivity index (χ4v) is 2.89. The molecule has 1 N–H and O–H groups in total. The molecule has 106 valence electrons. The molecule has 0 saturated heterocycles. The Bertz CT molecular complexity index is 805. The Morgan fingerprint density at radius 1 is 1.10 bits per heavy atom. The van der Waals surface area contributed by atoms with Crippen LogP contribution in [-0.2, 0) is 6.54 Å². The molecular weight excluding hydrogens is 371 g/mol. The molecule has 0 unspecified atom stereocenters. The van der Waals surface area contributed by atoms with Crippen LogP contribution in [0.3, 0.4) is 0 Å². The lowest BCUT2D eigenvalue weighted by Crippen LogP contribution is -2.01. The van der Waals surface area contributed by atoms with Crippen molar-refractivity contribution in [1.82, 2.24) is 4.98 Å². The van der Waals surface area contributed by atoms with Crippen LogP contribution in [0.4, 0.5) is 5.69 Å². The van der Waals surface area contributed by atoms with Crippen molar-refractivity contribution in [3.05, 3.63) is 68.7 Å². The van der Waals surface area contributed by atoms with Gasteiger partial charge in [0.2, 0.25) is 0 Å². The summed E-state index contributed by atoms with van der Waals surface area (Å²) in [6, 6.07) is 13.7. The second kappa shape index (κ2) is 6.22. The average Bonchev–Trinajstić information content (AvgIpc) is 2.48. The molecule has 0 saturated carbocycles. The van der Waals surface area contributed by atoms with Crippen LogP contribution in [0.5, 0.6) is 0 Å². The van der Waals surface area contributed by atoms with Crippen molar-refractivity contribution in [3.63, 3.8) is 0 Å². The second-order valence-electron chi connectivity index (χ2n) is 4.60. The number of hydrogen-bond acceptors (Lipinski definition) is 2. The molecule has 5 heteroatoms. The van der Waals surface area contributed by atoms with E-state index in [1.165, 1.54) is 0 Å². The van der Waals surface area contributed by atoms with Crippen LogP contribution in [0, 0.1) is 0 Å². The predicted molar refractivity (Wildman–Crippen MR) is 93.2 cm³/mol. The van der Waals surface area contributed by atoms with Crippen molar-refractivity contribution >= 4 is 55.7 Å². The molecular formula is C16H11BrCl2N2. The molecule has 2 aromatic carbocycles. The number of fused-ring (bicyclic) bond motifs is 1. The van der Waals surface area contributed by atoms with Gasteiger partial charge < -0.3 is 5.32 Å². The van der Waals surface area contributed by atoms with E-state index < -0.39 is 0 Å². The summed E-state index contributed by atoms with van der Waals surface area (Å²) in [7, 11) is 0.